The van der Waals surface area contributed by atoms with E-state index in [0.29, 0.717) is 0 Å². The molecule has 3 unspecified atom stereocenters. The number of H-pyrrole nitrogens is 1. The quantitative estimate of drug-likeness (QED) is 0.0906. The molecule has 25 heteroatoms. The Morgan fingerprint density at radius 1 is 1.14 bits per heavy atom. The summed E-state index contributed by atoms with van der Waals surface area (Å²) < 4.78 is 44.2. The van der Waals surface area contributed by atoms with Gasteiger partial charge in [0, 0.05) is 22.2 Å². The first-order valence-electron chi connectivity index (χ1n) is 11.9. The van der Waals surface area contributed by atoms with Gasteiger partial charge in [-0.2, -0.15) is 14.3 Å². The molecule has 0 amide bonds. The van der Waals surface area contributed by atoms with Crippen molar-refractivity contribution in [3.05, 3.63) is 54.8 Å². The molecule has 2 aromatic heterocycles. The summed E-state index contributed by atoms with van der Waals surface area (Å²) in [5, 5.41) is 36.3. The molecule has 2 aromatic rings. The number of nitrogens with one attached hydrogen (secondary N) is 3. The van der Waals surface area contributed by atoms with E-state index in [9.17, 15) is 43.8 Å². The largest absolute Gasteiger partial charge is 0.481 e. The second-order valence-corrected chi connectivity index (χ2v) is 12.9. The maximum Gasteiger partial charge on any atom is 0.481 e. The number of hydrogen-bond acceptors (Lipinski definition) is 19. The molecule has 0 saturated carbocycles. The van der Waals surface area contributed by atoms with Gasteiger partial charge in [0.05, 0.1) is 18.9 Å². The molecule has 0 aromatic carbocycles. The number of nitrogens with two attached hydrogens (primary N) is 2. The predicted octanol–water partition coefficient (Wildman–Crippen LogP) is -1.83. The van der Waals surface area contributed by atoms with Crippen molar-refractivity contribution in [1.82, 2.24) is 19.5 Å². The molecule has 44 heavy (non-hydrogen) atoms. The zero-order valence-corrected chi connectivity index (χ0v) is 25.4. The third kappa shape index (κ3) is 7.90. The maximum atomic E-state index is 12.3. The Hall–Kier alpha value is -2.76. The Morgan fingerprint density at radius 2 is 1.82 bits per heavy atom. The Morgan fingerprint density at radius 3 is 2.50 bits per heavy atom. The van der Waals surface area contributed by atoms with Crippen molar-refractivity contribution < 1.29 is 52.3 Å². The van der Waals surface area contributed by atoms with Crippen LogP contribution in [0.1, 0.15) is 6.23 Å². The summed E-state index contributed by atoms with van der Waals surface area (Å²) in [6.07, 6.45) is -5.72. The van der Waals surface area contributed by atoms with E-state index in [1.165, 1.54) is 12.3 Å². The van der Waals surface area contributed by atoms with Crippen molar-refractivity contribution in [2.45, 2.75) is 30.6 Å². The lowest BCUT2D eigenvalue weighted by atomic mass is 10.1. The lowest BCUT2D eigenvalue weighted by molar-refractivity contribution is -0.0542. The van der Waals surface area contributed by atoms with Crippen LogP contribution in [-0.4, -0.2) is 82.3 Å². The third-order valence-electron chi connectivity index (χ3n) is 5.83. The van der Waals surface area contributed by atoms with Crippen LogP contribution in [-0.2, 0) is 27.2 Å². The number of rotatable bonds is 11. The monoisotopic (exact) mass is 700 g/mol. The number of aromatic nitrogens is 4. The Kier molecular flexibility index (Phi) is 10.3. The molecule has 21 nitrogen and oxygen atoms in total. The average Bonchev–Trinajstić information content (AvgIpc) is 3.22. The third-order valence-corrected chi connectivity index (χ3v) is 9.61. The minimum absolute atomic E-state index is 0.0289. The van der Waals surface area contributed by atoms with E-state index in [-0.39, 0.29) is 38.8 Å². The number of aromatic amines is 1. The summed E-state index contributed by atoms with van der Waals surface area (Å²) in [5.74, 6) is -0.147. The van der Waals surface area contributed by atoms with Crippen molar-refractivity contribution in [3.63, 3.8) is 0 Å². The van der Waals surface area contributed by atoms with Gasteiger partial charge in [-0.05, 0) is 6.07 Å². The predicted molar refractivity (Wildman–Crippen MR) is 157 cm³/mol. The van der Waals surface area contributed by atoms with Gasteiger partial charge in [-0.1, -0.05) is 0 Å². The number of phosphoric acid groups is 2. The van der Waals surface area contributed by atoms with Crippen LogP contribution in [0.2, 0.25) is 0 Å². The average molecular weight is 701 g/mol. The summed E-state index contributed by atoms with van der Waals surface area (Å²) in [4.78, 5) is 53.4. The highest BCUT2D eigenvalue weighted by atomic mass is 32.1. The number of aliphatic hydroxyl groups is 3. The summed E-state index contributed by atoms with van der Waals surface area (Å²) in [7, 11) is -10.8. The van der Waals surface area contributed by atoms with Gasteiger partial charge in [0.15, 0.2) is 12.0 Å². The second kappa shape index (κ2) is 13.3. The number of thiol groups is 2. The minimum Gasteiger partial charge on any atom is -0.387 e. The number of phosphoric ester groups is 2. The molecule has 4 heterocycles. The number of anilines is 4. The molecule has 2 aliphatic rings. The number of ether oxygens (including phenoxy) is 1. The smallest absolute Gasteiger partial charge is 0.387 e. The highest BCUT2D eigenvalue weighted by Crippen LogP contribution is 2.60. The highest BCUT2D eigenvalue weighted by molar-refractivity contribution is 7.88. The van der Waals surface area contributed by atoms with Crippen molar-refractivity contribution in [2.24, 2.45) is 0 Å². The van der Waals surface area contributed by atoms with Gasteiger partial charge in [0.25, 0.3) is 5.56 Å². The molecule has 7 atom stereocenters. The van der Waals surface area contributed by atoms with Crippen LogP contribution in [0.15, 0.2) is 43.6 Å². The molecule has 2 aliphatic heterocycles. The van der Waals surface area contributed by atoms with Crippen LogP contribution in [0.5, 0.6) is 0 Å². The van der Waals surface area contributed by atoms with Crippen LogP contribution in [0, 0.1) is 0 Å². The molecule has 12 N–H and O–H groups in total. The molecule has 0 radical (unpaired) electrons. The zero-order chi connectivity index (χ0) is 32.6. The van der Waals surface area contributed by atoms with Gasteiger partial charge < -0.3 is 51.9 Å². The molecule has 0 aliphatic carbocycles. The number of nitrogen functional groups attached to an aromatic ring is 2. The van der Waals surface area contributed by atoms with E-state index in [1.807, 2.05) is 0 Å². The van der Waals surface area contributed by atoms with E-state index in [0.717, 1.165) is 10.8 Å². The standard InChI is InChI=1S/C19H26N8O13P2S2/c20-9-1-2-27(19(32)24-9)17-12(30)11(29)8(39-17)5-38-42(35,36)40-41(33,34)37-4-7(28)14(44)13(43)6-3-22-15-10(23-6)16(31)26-18(21)25-15/h1-3,7-8,11-12,17,23,28-30,43-44H,4-5H2,(H,33,34)(H,35,36)(H2,20,24,32)(H4,21,22,25,26,31)/b14-13+/t7?,8-,11-,12-,17-/m1/s1. The van der Waals surface area contributed by atoms with Crippen molar-refractivity contribution in [2.75, 3.05) is 35.3 Å². The zero-order valence-electron chi connectivity index (χ0n) is 21.8. The Bertz CT molecular complexity index is 1700. The van der Waals surface area contributed by atoms with Gasteiger partial charge >= 0.3 is 21.3 Å². The van der Waals surface area contributed by atoms with E-state index < -0.39 is 70.8 Å². The first-order valence-corrected chi connectivity index (χ1v) is 15.8. The van der Waals surface area contributed by atoms with Crippen molar-refractivity contribution in [3.8, 4) is 0 Å². The van der Waals surface area contributed by atoms with Gasteiger partial charge in [-0.25, -0.2) is 13.9 Å². The molecular formula is C19H26N8O13P2S2. The number of hydrogen-bond donors (Lipinski definition) is 12. The topological polar surface area (TPSA) is 329 Å². The van der Waals surface area contributed by atoms with Gasteiger partial charge in [-0.3, -0.25) is 23.4 Å². The first-order chi connectivity index (χ1) is 20.5. The second-order valence-electron chi connectivity index (χ2n) is 8.95. The van der Waals surface area contributed by atoms with Crippen molar-refractivity contribution in [1.29, 1.82) is 0 Å². The fourth-order valence-corrected chi connectivity index (χ4v) is 6.30. The van der Waals surface area contributed by atoms with E-state index in [4.69, 9.17) is 16.2 Å². The Balaban J connectivity index is 1.32. The normalized spacial score (nSPS) is 25.4. The van der Waals surface area contributed by atoms with Gasteiger partial charge in [0.2, 0.25) is 5.95 Å². The molecule has 0 bridgehead atoms. The maximum absolute atomic E-state index is 12.3. The van der Waals surface area contributed by atoms with E-state index >= 15 is 0 Å². The first kappa shape index (κ1) is 34.1. The van der Waals surface area contributed by atoms with Crippen molar-refractivity contribution >= 4 is 64.2 Å². The van der Waals surface area contributed by atoms with Crippen LogP contribution >= 0.6 is 40.9 Å². The number of nitrogens with zero attached hydrogens (tertiary/aromatic N) is 3. The minimum atomic E-state index is -5.40. The lowest BCUT2D eigenvalue weighted by Gasteiger charge is -2.22. The fourth-order valence-electron chi connectivity index (χ4n) is 3.75. The number of aliphatic hydroxyl groups excluding tert-OH is 3. The molecular weight excluding hydrogens is 674 g/mol. The number of fused-ring (bicyclic) bond motifs is 1. The summed E-state index contributed by atoms with van der Waals surface area (Å²) in [6.45, 7) is -1.96. The molecule has 242 valence electrons. The Labute approximate surface area is 256 Å². The fraction of sp³-hybridized carbons (Fsp3) is 0.368. The van der Waals surface area contributed by atoms with Crippen LogP contribution in [0.25, 0.3) is 0 Å². The van der Waals surface area contributed by atoms with Crippen LogP contribution < -0.4 is 33.3 Å². The van der Waals surface area contributed by atoms with E-state index in [1.54, 1.807) is 0 Å². The van der Waals surface area contributed by atoms with Crippen LogP contribution in [0.3, 0.4) is 0 Å². The molecule has 1 saturated heterocycles. The summed E-state index contributed by atoms with van der Waals surface area (Å²) >= 11 is 8.34. The molecule has 0 spiro atoms. The SMILES string of the molecule is Nc1ccn([C@@H]2O[C@H](COP(=O)(O)OP(=O)(O)OCC(O)/C(S)=C(\S)C3=CNc4nc(N)[nH]c(=O)c4N3)[C@@H](O)[C@H]2O)c(=O)n1. The highest BCUT2D eigenvalue weighted by Gasteiger charge is 2.46. The molecule has 1 fully saturated rings. The van der Waals surface area contributed by atoms with Gasteiger partial charge in [-0.15, -0.1) is 25.3 Å². The van der Waals surface area contributed by atoms with Gasteiger partial charge in [0.1, 0.15) is 35.9 Å². The van der Waals surface area contributed by atoms with Crippen LogP contribution in [0.4, 0.5) is 23.3 Å². The molecule has 4 rings (SSSR count). The summed E-state index contributed by atoms with van der Waals surface area (Å²) in [6, 6.07) is 1.22. The summed E-state index contributed by atoms with van der Waals surface area (Å²) in [5.41, 5.74) is 9.45. The lowest BCUT2D eigenvalue weighted by Crippen LogP contribution is -2.36. The van der Waals surface area contributed by atoms with E-state index in [2.05, 4.69) is 64.2 Å².